The van der Waals surface area contributed by atoms with Gasteiger partial charge >= 0.3 is 19.8 Å². The first-order chi connectivity index (χ1) is 18.2. The Morgan fingerprint density at radius 1 is 0.816 bits per heavy atom. The van der Waals surface area contributed by atoms with Crippen LogP contribution in [0.2, 0.25) is 0 Å². The van der Waals surface area contributed by atoms with Crippen molar-refractivity contribution in [2.75, 3.05) is 26.4 Å². The smallest absolute Gasteiger partial charge is 0.462 e. The van der Waals surface area contributed by atoms with Gasteiger partial charge in [-0.15, -0.1) is 6.58 Å². The van der Waals surface area contributed by atoms with Crippen LogP contribution in [0.25, 0.3) is 0 Å². The Morgan fingerprint density at radius 3 is 1.92 bits per heavy atom. The van der Waals surface area contributed by atoms with Crippen molar-refractivity contribution in [2.24, 2.45) is 0 Å². The SMILES string of the molecule is C=CCCCCCCCCCC(=O)O[C@H](COC(=O)CCCCCCCC)COP(=O)(O)OC[C@@H](O)CO. The molecule has 0 amide bonds. The Morgan fingerprint density at radius 2 is 1.34 bits per heavy atom. The highest BCUT2D eigenvalue weighted by molar-refractivity contribution is 7.47. The van der Waals surface area contributed by atoms with Crippen molar-refractivity contribution >= 4 is 19.8 Å². The van der Waals surface area contributed by atoms with Crippen LogP contribution in [0.1, 0.15) is 110 Å². The first-order valence-corrected chi connectivity index (χ1v) is 15.6. The van der Waals surface area contributed by atoms with Gasteiger partial charge in [-0.25, -0.2) is 4.57 Å². The van der Waals surface area contributed by atoms with Gasteiger partial charge in [-0.2, -0.15) is 0 Å². The van der Waals surface area contributed by atoms with Gasteiger partial charge in [0.05, 0.1) is 19.8 Å². The van der Waals surface area contributed by atoms with Crippen LogP contribution in [0, 0.1) is 0 Å². The Hall–Kier alpha value is -1.29. The maximum atomic E-state index is 12.3. The molecule has 0 aromatic carbocycles. The van der Waals surface area contributed by atoms with Gasteiger partial charge in [-0.1, -0.05) is 77.2 Å². The molecule has 3 N–H and O–H groups in total. The molecule has 0 aliphatic carbocycles. The van der Waals surface area contributed by atoms with Crippen molar-refractivity contribution in [1.82, 2.24) is 0 Å². The molecule has 0 saturated heterocycles. The molecule has 1 unspecified atom stereocenters. The van der Waals surface area contributed by atoms with Gasteiger partial charge in [-0.3, -0.25) is 18.6 Å². The molecule has 0 aromatic heterocycles. The van der Waals surface area contributed by atoms with E-state index in [0.717, 1.165) is 64.2 Å². The second kappa shape index (κ2) is 24.7. The van der Waals surface area contributed by atoms with Crippen LogP contribution >= 0.6 is 7.82 Å². The van der Waals surface area contributed by atoms with Crippen LogP contribution < -0.4 is 0 Å². The number of esters is 2. The van der Waals surface area contributed by atoms with Crippen LogP contribution in [0.5, 0.6) is 0 Å². The summed E-state index contributed by atoms with van der Waals surface area (Å²) >= 11 is 0. The highest BCUT2D eigenvalue weighted by Crippen LogP contribution is 2.43. The molecule has 0 fully saturated rings. The molecule has 3 atom stereocenters. The molecule has 11 heteroatoms. The predicted molar refractivity (Wildman–Crippen MR) is 145 cm³/mol. The summed E-state index contributed by atoms with van der Waals surface area (Å²) in [4.78, 5) is 34.2. The van der Waals surface area contributed by atoms with E-state index >= 15 is 0 Å². The highest BCUT2D eigenvalue weighted by atomic mass is 31.2. The number of hydrogen-bond acceptors (Lipinski definition) is 9. The van der Waals surface area contributed by atoms with Gasteiger partial charge in [-0.05, 0) is 25.7 Å². The van der Waals surface area contributed by atoms with Gasteiger partial charge in [0.2, 0.25) is 0 Å². The van der Waals surface area contributed by atoms with Crippen molar-refractivity contribution in [3.63, 3.8) is 0 Å². The summed E-state index contributed by atoms with van der Waals surface area (Å²) in [5.74, 6) is -0.954. The summed E-state index contributed by atoms with van der Waals surface area (Å²) in [6, 6.07) is 0. The lowest BCUT2D eigenvalue weighted by Crippen LogP contribution is -2.29. The third kappa shape index (κ3) is 23.8. The number of phosphoric acid groups is 1. The number of aliphatic hydroxyl groups excluding tert-OH is 2. The average Bonchev–Trinajstić information content (AvgIpc) is 2.89. The van der Waals surface area contributed by atoms with Crippen LogP contribution in [0.15, 0.2) is 12.7 Å². The molecule has 10 nitrogen and oxygen atoms in total. The van der Waals surface area contributed by atoms with Crippen molar-refractivity contribution in [2.45, 2.75) is 122 Å². The van der Waals surface area contributed by atoms with Crippen LogP contribution in [0.4, 0.5) is 0 Å². The molecule has 0 saturated carbocycles. The Kier molecular flexibility index (Phi) is 23.9. The molecule has 38 heavy (non-hydrogen) atoms. The number of rotatable bonds is 27. The topological polar surface area (TPSA) is 149 Å². The summed E-state index contributed by atoms with van der Waals surface area (Å²) in [6.07, 6.45) is 14.2. The molecule has 0 aliphatic rings. The molecule has 0 radical (unpaired) electrons. The lowest BCUT2D eigenvalue weighted by Gasteiger charge is -2.20. The summed E-state index contributed by atoms with van der Waals surface area (Å²) < 4.78 is 32.1. The van der Waals surface area contributed by atoms with Gasteiger partial charge in [0.25, 0.3) is 0 Å². The molecule has 224 valence electrons. The maximum absolute atomic E-state index is 12.3. The second-order valence-corrected chi connectivity index (χ2v) is 11.0. The minimum Gasteiger partial charge on any atom is -0.462 e. The van der Waals surface area contributed by atoms with Crippen molar-refractivity contribution in [3.8, 4) is 0 Å². The summed E-state index contributed by atoms with van der Waals surface area (Å²) in [7, 11) is -4.59. The second-order valence-electron chi connectivity index (χ2n) is 9.51. The number of carbonyl (C=O) groups excluding carboxylic acids is 2. The fourth-order valence-corrected chi connectivity index (χ4v) is 4.35. The van der Waals surface area contributed by atoms with Gasteiger partial charge in [0, 0.05) is 12.8 Å². The van der Waals surface area contributed by atoms with E-state index in [1.165, 1.54) is 12.8 Å². The molecular weight excluding hydrogens is 515 g/mol. The molecule has 0 aromatic rings. The number of allylic oxidation sites excluding steroid dienone is 1. The van der Waals surface area contributed by atoms with E-state index in [1.54, 1.807) is 0 Å². The van der Waals surface area contributed by atoms with Gasteiger partial charge < -0.3 is 24.6 Å². The lowest BCUT2D eigenvalue weighted by atomic mass is 10.1. The number of carbonyl (C=O) groups is 2. The number of hydrogen-bond donors (Lipinski definition) is 3. The molecule has 0 spiro atoms. The fourth-order valence-electron chi connectivity index (χ4n) is 3.56. The highest BCUT2D eigenvalue weighted by Gasteiger charge is 2.27. The van der Waals surface area contributed by atoms with E-state index in [2.05, 4.69) is 18.0 Å². The predicted octanol–water partition coefficient (Wildman–Crippen LogP) is 5.38. The van der Waals surface area contributed by atoms with Crippen molar-refractivity contribution in [1.29, 1.82) is 0 Å². The largest absolute Gasteiger partial charge is 0.472 e. The minimum absolute atomic E-state index is 0.175. The van der Waals surface area contributed by atoms with Crippen molar-refractivity contribution in [3.05, 3.63) is 12.7 Å². The minimum atomic E-state index is -4.59. The zero-order chi connectivity index (χ0) is 28.5. The average molecular weight is 567 g/mol. The van der Waals surface area contributed by atoms with Gasteiger partial charge in [0.1, 0.15) is 12.7 Å². The first-order valence-electron chi connectivity index (χ1n) is 14.1. The monoisotopic (exact) mass is 566 g/mol. The summed E-state index contributed by atoms with van der Waals surface area (Å²) in [5, 5.41) is 18.1. The molecule has 0 bridgehead atoms. The molecule has 0 heterocycles. The maximum Gasteiger partial charge on any atom is 0.472 e. The van der Waals surface area contributed by atoms with E-state index in [4.69, 9.17) is 19.1 Å². The van der Waals surface area contributed by atoms with Crippen LogP contribution in [-0.2, 0) is 32.7 Å². The number of unbranched alkanes of at least 4 members (excludes halogenated alkanes) is 12. The van der Waals surface area contributed by atoms with E-state index in [1.807, 2.05) is 6.08 Å². The Balaban J connectivity index is 4.52. The number of ether oxygens (including phenoxy) is 2. The zero-order valence-electron chi connectivity index (χ0n) is 23.2. The van der Waals surface area contributed by atoms with Crippen molar-refractivity contribution < 1.29 is 47.8 Å². The number of aliphatic hydroxyl groups is 2. The summed E-state index contributed by atoms with van der Waals surface area (Å²) in [6.45, 7) is 3.73. The third-order valence-electron chi connectivity index (χ3n) is 5.82. The summed E-state index contributed by atoms with van der Waals surface area (Å²) in [5.41, 5.74) is 0. The fraction of sp³-hybridized carbons (Fsp3) is 0.852. The van der Waals surface area contributed by atoms with E-state index in [9.17, 15) is 24.2 Å². The van der Waals surface area contributed by atoms with E-state index in [0.29, 0.717) is 12.8 Å². The third-order valence-corrected chi connectivity index (χ3v) is 6.77. The van der Waals surface area contributed by atoms with Crippen LogP contribution in [-0.4, -0.2) is 65.7 Å². The van der Waals surface area contributed by atoms with E-state index in [-0.39, 0.29) is 19.4 Å². The van der Waals surface area contributed by atoms with Gasteiger partial charge in [0.15, 0.2) is 6.10 Å². The molecule has 0 rings (SSSR count). The molecular formula is C27H51O10P. The lowest BCUT2D eigenvalue weighted by molar-refractivity contribution is -0.161. The Labute approximate surface area is 228 Å². The standard InChI is InChI=1S/C27H51O10P/c1-3-5-7-9-11-12-13-15-17-19-27(31)37-25(23-36-38(32,33)35-21-24(29)20-28)22-34-26(30)18-16-14-10-8-6-4-2/h3,24-25,28-29H,1,4-23H2,2H3,(H,32,33)/t24-,25+/m0/s1. The normalized spacial score (nSPS) is 14.4. The number of phosphoric ester groups is 1. The van der Waals surface area contributed by atoms with E-state index < -0.39 is 51.8 Å². The quantitative estimate of drug-likeness (QED) is 0.0512. The first kappa shape index (κ1) is 36.7. The Bertz CT molecular complexity index is 658. The van der Waals surface area contributed by atoms with Crippen LogP contribution in [0.3, 0.4) is 0 Å². The zero-order valence-corrected chi connectivity index (χ0v) is 24.1. The molecule has 0 aliphatic heterocycles.